The maximum atomic E-state index is 13.8. The molecule has 0 saturated heterocycles. The monoisotopic (exact) mass is 416 g/mol. The lowest BCUT2D eigenvalue weighted by Gasteiger charge is -2.35. The molecule has 1 aliphatic rings. The van der Waals surface area contributed by atoms with E-state index in [1.165, 1.54) is 0 Å². The Labute approximate surface area is 169 Å². The first-order chi connectivity index (χ1) is 13.5. The fourth-order valence-corrected chi connectivity index (χ4v) is 6.25. The van der Waals surface area contributed by atoms with E-state index in [4.69, 9.17) is 11.6 Å². The number of halogens is 1. The molecule has 0 unspecified atom stereocenters. The molecule has 0 atom stereocenters. The van der Waals surface area contributed by atoms with Crippen molar-refractivity contribution in [2.24, 2.45) is 0 Å². The minimum Gasteiger partial charge on any atom is -0.224 e. The number of aromatic nitrogens is 4. The molecule has 0 spiro atoms. The molecule has 0 bridgehead atoms. The average Bonchev–Trinajstić information content (AvgIpc) is 3.18. The molecule has 0 aliphatic heterocycles. The minimum atomic E-state index is -3.70. The summed E-state index contributed by atoms with van der Waals surface area (Å²) in [6, 6.07) is 16.1. The first kappa shape index (κ1) is 19.1. The molecule has 0 amide bonds. The van der Waals surface area contributed by atoms with Crippen LogP contribution in [0.3, 0.4) is 0 Å². The van der Waals surface area contributed by atoms with Gasteiger partial charge >= 0.3 is 0 Å². The third-order valence-electron chi connectivity index (χ3n) is 5.41. The van der Waals surface area contributed by atoms with E-state index in [0.717, 1.165) is 24.8 Å². The molecule has 3 aromatic rings. The number of hydrogen-bond acceptors (Lipinski definition) is 5. The van der Waals surface area contributed by atoms with Crippen LogP contribution in [0.4, 0.5) is 0 Å². The van der Waals surface area contributed by atoms with Gasteiger partial charge in [-0.05, 0) is 53.1 Å². The van der Waals surface area contributed by atoms with Gasteiger partial charge in [0.1, 0.15) is 4.75 Å². The number of rotatable bonds is 5. The molecule has 28 heavy (non-hydrogen) atoms. The zero-order valence-corrected chi connectivity index (χ0v) is 16.9. The van der Waals surface area contributed by atoms with Gasteiger partial charge < -0.3 is 0 Å². The summed E-state index contributed by atoms with van der Waals surface area (Å²) >= 11 is 5.97. The summed E-state index contributed by atoms with van der Waals surface area (Å²) in [7, 11) is -3.70. The fraction of sp³-hybridized carbons (Fsp3) is 0.350. The Morgan fingerprint density at radius 2 is 1.64 bits per heavy atom. The maximum Gasteiger partial charge on any atom is 0.191 e. The van der Waals surface area contributed by atoms with E-state index in [0.29, 0.717) is 30.2 Å². The topological polar surface area (TPSA) is 77.7 Å². The lowest BCUT2D eigenvalue weighted by atomic mass is 9.87. The van der Waals surface area contributed by atoms with Crippen molar-refractivity contribution in [2.45, 2.75) is 48.3 Å². The molecule has 2 aromatic carbocycles. The molecule has 8 heteroatoms. The van der Waals surface area contributed by atoms with Gasteiger partial charge in [-0.3, -0.25) is 0 Å². The van der Waals surface area contributed by atoms with Crippen molar-refractivity contribution in [3.63, 3.8) is 0 Å². The molecule has 4 rings (SSSR count). The second kappa shape index (κ2) is 7.64. The van der Waals surface area contributed by atoms with Crippen LogP contribution in [0.1, 0.15) is 43.5 Å². The van der Waals surface area contributed by atoms with E-state index in [1.807, 2.05) is 30.3 Å². The molecule has 0 radical (unpaired) electrons. The fourth-order valence-electron chi connectivity index (χ4n) is 3.97. The van der Waals surface area contributed by atoms with Crippen LogP contribution in [-0.2, 0) is 21.1 Å². The summed E-state index contributed by atoms with van der Waals surface area (Å²) < 4.78 is 28.0. The van der Waals surface area contributed by atoms with Gasteiger partial charge in [-0.1, -0.05) is 61.2 Å². The highest BCUT2D eigenvalue weighted by atomic mass is 35.5. The first-order valence-electron chi connectivity index (χ1n) is 9.34. The second-order valence-corrected chi connectivity index (χ2v) is 9.85. The normalized spacial score (nSPS) is 16.8. The molecule has 146 valence electrons. The van der Waals surface area contributed by atoms with Crippen molar-refractivity contribution in [3.05, 3.63) is 71.0 Å². The summed E-state index contributed by atoms with van der Waals surface area (Å²) in [6.07, 6.45) is 3.68. The summed E-state index contributed by atoms with van der Waals surface area (Å²) in [5.41, 5.74) is 1.02. The Kier molecular flexibility index (Phi) is 5.21. The van der Waals surface area contributed by atoms with Crippen LogP contribution in [-0.4, -0.2) is 28.6 Å². The summed E-state index contributed by atoms with van der Waals surface area (Å²) in [5.74, 6) is 0.422. The van der Waals surface area contributed by atoms with Crippen molar-refractivity contribution in [1.29, 1.82) is 0 Å². The molecule has 1 saturated carbocycles. The van der Waals surface area contributed by atoms with Crippen LogP contribution in [0.15, 0.2) is 59.5 Å². The molecule has 0 N–H and O–H groups in total. The van der Waals surface area contributed by atoms with Crippen LogP contribution in [0.5, 0.6) is 0 Å². The minimum absolute atomic E-state index is 0.257. The van der Waals surface area contributed by atoms with E-state index >= 15 is 0 Å². The second-order valence-electron chi connectivity index (χ2n) is 7.16. The quantitative estimate of drug-likeness (QED) is 0.628. The van der Waals surface area contributed by atoms with E-state index in [1.54, 1.807) is 28.9 Å². The zero-order valence-electron chi connectivity index (χ0n) is 15.3. The Morgan fingerprint density at radius 1 is 0.964 bits per heavy atom. The number of hydrogen-bond donors (Lipinski definition) is 0. The summed E-state index contributed by atoms with van der Waals surface area (Å²) in [5, 5.41) is 12.7. The van der Waals surface area contributed by atoms with Gasteiger partial charge in [-0.15, -0.1) is 5.10 Å². The van der Waals surface area contributed by atoms with E-state index in [2.05, 4.69) is 15.5 Å². The smallest absolute Gasteiger partial charge is 0.191 e. The molecular weight excluding hydrogens is 396 g/mol. The van der Waals surface area contributed by atoms with E-state index in [9.17, 15) is 8.42 Å². The average molecular weight is 417 g/mol. The van der Waals surface area contributed by atoms with Crippen molar-refractivity contribution >= 4 is 21.4 Å². The largest absolute Gasteiger partial charge is 0.224 e. The van der Waals surface area contributed by atoms with Crippen LogP contribution in [0.2, 0.25) is 5.02 Å². The van der Waals surface area contributed by atoms with Crippen molar-refractivity contribution < 1.29 is 8.42 Å². The zero-order chi connectivity index (χ0) is 19.6. The van der Waals surface area contributed by atoms with Gasteiger partial charge in [0.15, 0.2) is 15.7 Å². The Bertz CT molecular complexity index is 1040. The Hall–Kier alpha value is -2.25. The lowest BCUT2D eigenvalue weighted by Crippen LogP contribution is -2.41. The lowest BCUT2D eigenvalue weighted by molar-refractivity contribution is 0.353. The molecule has 1 aliphatic carbocycles. The molecule has 1 heterocycles. The van der Waals surface area contributed by atoms with Gasteiger partial charge in [0.2, 0.25) is 0 Å². The third kappa shape index (κ3) is 3.33. The SMILES string of the molecule is O=S(=O)(c1ccc(Cl)cc1)C1(c2nnnn2Cc2ccccc2)CCCCC1. The first-order valence-corrected chi connectivity index (χ1v) is 11.2. The predicted octanol–water partition coefficient (Wildman–Crippen LogP) is 4.01. The van der Waals surface area contributed by atoms with Gasteiger partial charge in [-0.25, -0.2) is 13.1 Å². The predicted molar refractivity (Wildman–Crippen MR) is 107 cm³/mol. The number of benzene rings is 2. The van der Waals surface area contributed by atoms with E-state index < -0.39 is 14.6 Å². The van der Waals surface area contributed by atoms with Gasteiger partial charge in [0.25, 0.3) is 0 Å². The van der Waals surface area contributed by atoms with Gasteiger partial charge in [0.05, 0.1) is 11.4 Å². The van der Waals surface area contributed by atoms with E-state index in [-0.39, 0.29) is 4.90 Å². The van der Waals surface area contributed by atoms with Crippen LogP contribution >= 0.6 is 11.6 Å². The standard InChI is InChI=1S/C20H21ClN4O2S/c21-17-9-11-18(12-10-17)28(26,27)20(13-5-2-6-14-20)19-22-23-24-25(19)15-16-7-3-1-4-8-16/h1,3-4,7-12H,2,5-6,13-15H2. The van der Waals surface area contributed by atoms with Crippen LogP contribution < -0.4 is 0 Å². The highest BCUT2D eigenvalue weighted by molar-refractivity contribution is 7.92. The van der Waals surface area contributed by atoms with Gasteiger partial charge in [0, 0.05) is 5.02 Å². The number of sulfone groups is 1. The van der Waals surface area contributed by atoms with Crippen molar-refractivity contribution in [3.8, 4) is 0 Å². The van der Waals surface area contributed by atoms with Crippen LogP contribution in [0, 0.1) is 0 Å². The molecule has 6 nitrogen and oxygen atoms in total. The van der Waals surface area contributed by atoms with Crippen molar-refractivity contribution in [2.75, 3.05) is 0 Å². The number of nitrogens with zero attached hydrogens (tertiary/aromatic N) is 4. The number of tetrazole rings is 1. The summed E-state index contributed by atoms with van der Waals surface area (Å²) in [4.78, 5) is 0.257. The molecular formula is C20H21ClN4O2S. The highest BCUT2D eigenvalue weighted by Crippen LogP contribution is 2.46. The highest BCUT2D eigenvalue weighted by Gasteiger charge is 2.50. The van der Waals surface area contributed by atoms with Crippen LogP contribution in [0.25, 0.3) is 0 Å². The Balaban J connectivity index is 1.81. The molecule has 1 aromatic heterocycles. The Morgan fingerprint density at radius 3 is 2.32 bits per heavy atom. The van der Waals surface area contributed by atoms with Crippen molar-refractivity contribution in [1.82, 2.24) is 20.2 Å². The maximum absolute atomic E-state index is 13.8. The third-order valence-corrected chi connectivity index (χ3v) is 8.18. The van der Waals surface area contributed by atoms with Gasteiger partial charge in [-0.2, -0.15) is 0 Å². The molecule has 1 fully saturated rings. The summed E-state index contributed by atoms with van der Waals surface area (Å²) in [6.45, 7) is 0.432.